The number of hydrogen-bond donors (Lipinski definition) is 0. The summed E-state index contributed by atoms with van der Waals surface area (Å²) in [5, 5.41) is 3.11. The number of halogens is 2. The molecule has 0 bridgehead atoms. The van der Waals surface area contributed by atoms with Gasteiger partial charge < -0.3 is 23.5 Å². The summed E-state index contributed by atoms with van der Waals surface area (Å²) >= 11 is 15.4. The predicted molar refractivity (Wildman–Crippen MR) is 283 cm³/mol. The molecule has 2 heterocycles. The molecule has 0 unspecified atom stereocenters. The summed E-state index contributed by atoms with van der Waals surface area (Å²) in [5.41, 5.74) is 13.0. The van der Waals surface area contributed by atoms with Crippen LogP contribution in [0.2, 0.25) is 10.0 Å². The number of anilines is 8. The Bertz CT molecular complexity index is 3190. The number of aryl methyl sites for hydroxylation is 2. The maximum atomic E-state index is 8.01. The molecule has 67 heavy (non-hydrogen) atoms. The smallest absolute Gasteiger partial charge is 0.135 e. The molecule has 5 nitrogen and oxygen atoms in total. The summed E-state index contributed by atoms with van der Waals surface area (Å²) in [6.07, 6.45) is 3.76. The topological polar surface area (TPSA) is 36.0 Å². The van der Waals surface area contributed by atoms with E-state index in [1.807, 2.05) is 54.6 Å². The molecule has 0 aliphatic carbocycles. The lowest BCUT2D eigenvalue weighted by Crippen LogP contribution is -2.30. The van der Waals surface area contributed by atoms with E-state index in [9.17, 15) is 0 Å². The number of para-hydroxylation sites is 4. The molecule has 2 aromatic heterocycles. The molecule has 7 heteroatoms. The third-order valence-electron chi connectivity index (χ3n) is 12.4. The monoisotopic (exact) mass is 913 g/mol. The lowest BCUT2D eigenvalue weighted by molar-refractivity contribution is 0.631. The van der Waals surface area contributed by atoms with Gasteiger partial charge in [-0.05, 0) is 129 Å². The normalized spacial score (nSPS) is 11.8. The molecular formula is C60H49Cl2N3O2. The summed E-state index contributed by atoms with van der Waals surface area (Å²) < 4.78 is 12.8. The van der Waals surface area contributed by atoms with Crippen LogP contribution in [-0.2, 0) is 0 Å². The molecule has 0 aliphatic rings. The molecule has 0 aliphatic heterocycles. The molecule has 0 amide bonds. The number of furan rings is 2. The van der Waals surface area contributed by atoms with Crippen molar-refractivity contribution in [3.05, 3.63) is 228 Å². The molecule has 8 aromatic carbocycles. The van der Waals surface area contributed by atoms with E-state index in [4.69, 9.17) is 32.0 Å². The van der Waals surface area contributed by atoms with Crippen LogP contribution in [0.3, 0.4) is 0 Å². The third-order valence-corrected chi connectivity index (χ3v) is 13.1. The second kappa shape index (κ2) is 18.8. The zero-order chi connectivity index (χ0) is 46.0. The summed E-state index contributed by atoms with van der Waals surface area (Å²) in [6.45, 7) is 10.6. The van der Waals surface area contributed by atoms with Crippen LogP contribution >= 0.6 is 23.2 Å². The molecule has 0 saturated carbocycles. The fourth-order valence-electron chi connectivity index (χ4n) is 9.29. The van der Waals surface area contributed by atoms with Crippen molar-refractivity contribution in [1.29, 1.82) is 0 Å². The first kappa shape index (κ1) is 43.5. The SMILES string of the molecule is C=CC[C@@H](CC)N(c1ccccc1)c1cccc(N(c2cc(Cl)cc(N(c3cccc(-c4cc5ccccc5o4)c3)c3cccc(-c4cc5ccccc5o4)c3)c2Cl)c2c(C)cccc2C)c1. The van der Waals surface area contributed by atoms with Crippen LogP contribution in [0.4, 0.5) is 45.5 Å². The first-order chi connectivity index (χ1) is 32.8. The highest BCUT2D eigenvalue weighted by molar-refractivity contribution is 6.38. The highest BCUT2D eigenvalue weighted by atomic mass is 35.5. The maximum Gasteiger partial charge on any atom is 0.135 e. The van der Waals surface area contributed by atoms with Crippen molar-refractivity contribution < 1.29 is 8.83 Å². The Hall–Kier alpha value is -7.44. The number of hydrogen-bond acceptors (Lipinski definition) is 5. The lowest BCUT2D eigenvalue weighted by Gasteiger charge is -2.35. The van der Waals surface area contributed by atoms with Crippen LogP contribution in [0.1, 0.15) is 30.9 Å². The second-order valence-electron chi connectivity index (χ2n) is 16.9. The molecule has 0 saturated heterocycles. The first-order valence-electron chi connectivity index (χ1n) is 22.7. The van der Waals surface area contributed by atoms with Crippen LogP contribution in [-0.4, -0.2) is 6.04 Å². The van der Waals surface area contributed by atoms with Gasteiger partial charge in [0, 0.05) is 61.4 Å². The molecule has 10 rings (SSSR count). The highest BCUT2D eigenvalue weighted by Gasteiger charge is 2.27. The van der Waals surface area contributed by atoms with Gasteiger partial charge in [-0.2, -0.15) is 0 Å². The summed E-state index contributed by atoms with van der Waals surface area (Å²) in [6, 6.07) is 66.8. The highest BCUT2D eigenvalue weighted by Crippen LogP contribution is 2.51. The van der Waals surface area contributed by atoms with Gasteiger partial charge in [0.1, 0.15) is 22.7 Å². The molecule has 10 aromatic rings. The Morgan fingerprint density at radius 1 is 0.507 bits per heavy atom. The van der Waals surface area contributed by atoms with E-state index >= 15 is 0 Å². The second-order valence-corrected chi connectivity index (χ2v) is 17.7. The van der Waals surface area contributed by atoms with Gasteiger partial charge in [-0.3, -0.25) is 0 Å². The molecule has 0 spiro atoms. The average molecular weight is 915 g/mol. The number of nitrogens with zero attached hydrogens (tertiary/aromatic N) is 3. The van der Waals surface area contributed by atoms with Gasteiger partial charge in [-0.15, -0.1) is 6.58 Å². The van der Waals surface area contributed by atoms with E-state index in [0.717, 1.165) is 108 Å². The largest absolute Gasteiger partial charge is 0.456 e. The Morgan fingerprint density at radius 2 is 0.985 bits per heavy atom. The lowest BCUT2D eigenvalue weighted by atomic mass is 10.0. The van der Waals surface area contributed by atoms with E-state index in [-0.39, 0.29) is 6.04 Å². The fourth-order valence-corrected chi connectivity index (χ4v) is 9.78. The van der Waals surface area contributed by atoms with E-state index in [0.29, 0.717) is 15.7 Å². The molecular weight excluding hydrogens is 866 g/mol. The first-order valence-corrected chi connectivity index (χ1v) is 23.4. The van der Waals surface area contributed by atoms with Gasteiger partial charge in [0.05, 0.1) is 22.1 Å². The summed E-state index contributed by atoms with van der Waals surface area (Å²) in [4.78, 5) is 6.86. The summed E-state index contributed by atoms with van der Waals surface area (Å²) in [5.74, 6) is 1.53. The molecule has 0 fully saturated rings. The van der Waals surface area contributed by atoms with Crippen LogP contribution < -0.4 is 14.7 Å². The van der Waals surface area contributed by atoms with Crippen molar-refractivity contribution in [2.75, 3.05) is 14.7 Å². The van der Waals surface area contributed by atoms with E-state index in [2.05, 4.69) is 188 Å². The Kier molecular flexibility index (Phi) is 12.2. The van der Waals surface area contributed by atoms with E-state index in [1.165, 1.54) is 0 Å². The van der Waals surface area contributed by atoms with Crippen LogP contribution in [0.15, 0.2) is 216 Å². The van der Waals surface area contributed by atoms with Crippen molar-refractivity contribution in [2.24, 2.45) is 0 Å². The van der Waals surface area contributed by atoms with Gasteiger partial charge in [0.25, 0.3) is 0 Å². The number of rotatable bonds is 14. The minimum absolute atomic E-state index is 0.185. The molecule has 0 radical (unpaired) electrons. The number of benzene rings is 8. The Balaban J connectivity index is 1.18. The van der Waals surface area contributed by atoms with Crippen molar-refractivity contribution >= 4 is 90.6 Å². The van der Waals surface area contributed by atoms with Crippen molar-refractivity contribution in [1.82, 2.24) is 0 Å². The minimum atomic E-state index is 0.185. The number of fused-ring (bicyclic) bond motifs is 2. The predicted octanol–water partition coefficient (Wildman–Crippen LogP) is 18.9. The summed E-state index contributed by atoms with van der Waals surface area (Å²) in [7, 11) is 0. The molecule has 330 valence electrons. The van der Waals surface area contributed by atoms with Crippen LogP contribution in [0.5, 0.6) is 0 Å². The van der Waals surface area contributed by atoms with Gasteiger partial charge in [0.2, 0.25) is 0 Å². The average Bonchev–Trinajstić information content (AvgIpc) is 4.00. The van der Waals surface area contributed by atoms with Crippen LogP contribution in [0, 0.1) is 13.8 Å². The van der Waals surface area contributed by atoms with Gasteiger partial charge in [0.15, 0.2) is 0 Å². The maximum absolute atomic E-state index is 8.01. The van der Waals surface area contributed by atoms with Crippen molar-refractivity contribution in [3.63, 3.8) is 0 Å². The molecule has 0 N–H and O–H groups in total. The van der Waals surface area contributed by atoms with E-state index in [1.54, 1.807) is 0 Å². The quantitative estimate of drug-likeness (QED) is 0.102. The van der Waals surface area contributed by atoms with Gasteiger partial charge in [-0.25, -0.2) is 0 Å². The van der Waals surface area contributed by atoms with Gasteiger partial charge >= 0.3 is 0 Å². The Morgan fingerprint density at radius 3 is 1.54 bits per heavy atom. The zero-order valence-electron chi connectivity index (χ0n) is 37.7. The fraction of sp³-hybridized carbons (Fsp3) is 0.100. The van der Waals surface area contributed by atoms with Crippen molar-refractivity contribution in [3.8, 4) is 22.6 Å². The zero-order valence-corrected chi connectivity index (χ0v) is 39.2. The standard InChI is InChI=1S/C60H49Cl2N3O2/c1-5-18-47(6-2)63(48-25-8-7-9-26-48)51-29-17-30-52(39-51)65(60-40(3)19-14-20-41(60)4)54-38-46(61)37-53(59(54)62)64(49-27-15-23-42(33-49)57-35-44-21-10-12-31-55(44)66-57)50-28-16-24-43(34-50)58-36-45-22-11-13-32-56(45)67-58/h5,7-17,19-39,47H,1,6,18H2,2-4H3/t47-/m1/s1. The van der Waals surface area contributed by atoms with Crippen molar-refractivity contribution in [2.45, 2.75) is 39.7 Å². The minimum Gasteiger partial charge on any atom is -0.456 e. The molecule has 1 atom stereocenters. The van der Waals surface area contributed by atoms with Gasteiger partial charge in [-0.1, -0.05) is 139 Å². The van der Waals surface area contributed by atoms with Crippen LogP contribution in [0.25, 0.3) is 44.6 Å². The third kappa shape index (κ3) is 8.60. The Labute approximate surface area is 402 Å². The van der Waals surface area contributed by atoms with E-state index < -0.39 is 0 Å².